The number of esters is 1. The van der Waals surface area contributed by atoms with Crippen LogP contribution in [0.4, 0.5) is 0 Å². The Balaban J connectivity index is 0.000000181. The van der Waals surface area contributed by atoms with E-state index in [0.717, 1.165) is 0 Å². The van der Waals surface area contributed by atoms with E-state index < -0.39 is 5.76 Å². The second-order valence-electron chi connectivity index (χ2n) is 3.19. The molecule has 1 N–H and O–H groups in total. The van der Waals surface area contributed by atoms with Gasteiger partial charge in [0.1, 0.15) is 19.0 Å². The Bertz CT molecular complexity index is 385. The van der Waals surface area contributed by atoms with Gasteiger partial charge >= 0.3 is 11.7 Å². The van der Waals surface area contributed by atoms with Crippen LogP contribution in [0.15, 0.2) is 33.8 Å². The van der Waals surface area contributed by atoms with E-state index in [1.54, 1.807) is 6.92 Å². The monoisotopic (exact) mass is 227 g/mol. The molecule has 1 unspecified atom stereocenters. The molecule has 88 valence electrons. The number of rotatable bonds is 3. The highest BCUT2D eigenvalue weighted by Gasteiger charge is 2.24. The SMILES string of the molecule is C=C(C)C(=O)OCC1CO1.O=c1[nH]cco1. The number of ether oxygens (including phenoxy) is 2. The largest absolute Gasteiger partial charge is 0.459 e. The minimum absolute atomic E-state index is 0.142. The number of carbonyl (C=O) groups is 1. The lowest BCUT2D eigenvalue weighted by atomic mass is 10.4. The molecule has 6 heteroatoms. The van der Waals surface area contributed by atoms with Crippen molar-refractivity contribution in [3.63, 3.8) is 0 Å². The molecule has 16 heavy (non-hydrogen) atoms. The van der Waals surface area contributed by atoms with Gasteiger partial charge in [-0.05, 0) is 6.92 Å². The van der Waals surface area contributed by atoms with Crippen LogP contribution < -0.4 is 5.76 Å². The lowest BCUT2D eigenvalue weighted by Crippen LogP contribution is -2.09. The highest BCUT2D eigenvalue weighted by Crippen LogP contribution is 2.09. The van der Waals surface area contributed by atoms with Gasteiger partial charge in [0, 0.05) is 11.8 Å². The summed E-state index contributed by atoms with van der Waals surface area (Å²) < 4.78 is 13.8. The van der Waals surface area contributed by atoms with Crippen molar-refractivity contribution in [3.05, 3.63) is 35.2 Å². The fourth-order valence-electron chi connectivity index (χ4n) is 0.688. The van der Waals surface area contributed by atoms with Gasteiger partial charge in [-0.25, -0.2) is 9.59 Å². The van der Waals surface area contributed by atoms with Crippen LogP contribution in [-0.4, -0.2) is 30.3 Å². The van der Waals surface area contributed by atoms with E-state index in [9.17, 15) is 9.59 Å². The number of H-pyrrole nitrogens is 1. The molecule has 0 aromatic carbocycles. The van der Waals surface area contributed by atoms with Crippen LogP contribution in [0.25, 0.3) is 0 Å². The van der Waals surface area contributed by atoms with Crippen LogP contribution in [-0.2, 0) is 14.3 Å². The highest BCUT2D eigenvalue weighted by molar-refractivity contribution is 5.86. The fraction of sp³-hybridized carbons (Fsp3) is 0.400. The molecule has 1 saturated heterocycles. The Morgan fingerprint density at radius 2 is 2.44 bits per heavy atom. The molecule has 2 heterocycles. The predicted octanol–water partition coefficient (Wildman–Crippen LogP) is 0.472. The van der Waals surface area contributed by atoms with Crippen molar-refractivity contribution in [1.82, 2.24) is 4.98 Å². The summed E-state index contributed by atoms with van der Waals surface area (Å²) in [6, 6.07) is 0. The lowest BCUT2D eigenvalue weighted by Gasteiger charge is -1.99. The summed E-state index contributed by atoms with van der Waals surface area (Å²) in [5.41, 5.74) is 0.431. The molecule has 0 aliphatic carbocycles. The summed E-state index contributed by atoms with van der Waals surface area (Å²) in [7, 11) is 0. The molecular weight excluding hydrogens is 214 g/mol. The third-order valence-corrected chi connectivity index (χ3v) is 1.60. The van der Waals surface area contributed by atoms with Gasteiger partial charge in [0.25, 0.3) is 0 Å². The summed E-state index contributed by atoms with van der Waals surface area (Å²) in [6.07, 6.45) is 2.87. The van der Waals surface area contributed by atoms with E-state index in [1.165, 1.54) is 12.5 Å². The summed E-state index contributed by atoms with van der Waals surface area (Å²) in [4.78, 5) is 22.8. The minimum Gasteiger partial charge on any atom is -0.459 e. The average Bonchev–Trinajstić information content (AvgIpc) is 2.96. The number of epoxide rings is 1. The zero-order chi connectivity index (χ0) is 12.0. The molecule has 0 amide bonds. The quantitative estimate of drug-likeness (QED) is 0.461. The summed E-state index contributed by atoms with van der Waals surface area (Å²) in [6.45, 7) is 6.14. The first kappa shape index (κ1) is 12.3. The summed E-state index contributed by atoms with van der Waals surface area (Å²) in [5, 5.41) is 0. The highest BCUT2D eigenvalue weighted by atomic mass is 16.6. The van der Waals surface area contributed by atoms with E-state index in [0.29, 0.717) is 18.8 Å². The van der Waals surface area contributed by atoms with Crippen molar-refractivity contribution >= 4 is 5.97 Å². The van der Waals surface area contributed by atoms with Gasteiger partial charge in [0.2, 0.25) is 0 Å². The van der Waals surface area contributed by atoms with Gasteiger partial charge in [-0.2, -0.15) is 0 Å². The predicted molar refractivity (Wildman–Crippen MR) is 54.8 cm³/mol. The topological polar surface area (TPSA) is 84.8 Å². The molecular formula is C10H13NO5. The van der Waals surface area contributed by atoms with Crippen LogP contribution >= 0.6 is 0 Å². The Morgan fingerprint density at radius 1 is 1.75 bits per heavy atom. The minimum atomic E-state index is -0.407. The molecule has 0 saturated carbocycles. The molecule has 1 aliphatic rings. The van der Waals surface area contributed by atoms with Crippen molar-refractivity contribution in [2.75, 3.05) is 13.2 Å². The second-order valence-corrected chi connectivity index (χ2v) is 3.19. The zero-order valence-electron chi connectivity index (χ0n) is 8.89. The normalized spacial score (nSPS) is 16.9. The maximum atomic E-state index is 10.7. The Kier molecular flexibility index (Phi) is 4.53. The first-order chi connectivity index (χ1) is 7.59. The van der Waals surface area contributed by atoms with Crippen molar-refractivity contribution < 1.29 is 18.7 Å². The number of oxazole rings is 1. The number of aromatic nitrogens is 1. The van der Waals surface area contributed by atoms with Crippen LogP contribution in [0.2, 0.25) is 0 Å². The van der Waals surface area contributed by atoms with Crippen LogP contribution in [0.3, 0.4) is 0 Å². The van der Waals surface area contributed by atoms with Crippen LogP contribution in [0, 0.1) is 0 Å². The maximum Gasteiger partial charge on any atom is 0.416 e. The number of hydrogen-bond donors (Lipinski definition) is 1. The third kappa shape index (κ3) is 5.16. The summed E-state index contributed by atoms with van der Waals surface area (Å²) in [5.74, 6) is -0.745. The van der Waals surface area contributed by atoms with E-state index >= 15 is 0 Å². The molecule has 0 bridgehead atoms. The zero-order valence-corrected chi connectivity index (χ0v) is 8.89. The van der Waals surface area contributed by atoms with Gasteiger partial charge in [0.05, 0.1) is 6.61 Å². The molecule has 2 rings (SSSR count). The number of aromatic amines is 1. The Hall–Kier alpha value is -1.82. The van der Waals surface area contributed by atoms with Crippen LogP contribution in [0.1, 0.15) is 6.92 Å². The maximum absolute atomic E-state index is 10.7. The molecule has 1 atom stereocenters. The molecule has 0 radical (unpaired) electrons. The van der Waals surface area contributed by atoms with Crippen molar-refractivity contribution in [2.45, 2.75) is 13.0 Å². The van der Waals surface area contributed by atoms with E-state index in [-0.39, 0.29) is 12.1 Å². The molecule has 1 aromatic rings. The van der Waals surface area contributed by atoms with Gasteiger partial charge in [-0.3, -0.25) is 4.98 Å². The van der Waals surface area contributed by atoms with Crippen molar-refractivity contribution in [3.8, 4) is 0 Å². The molecule has 1 fully saturated rings. The first-order valence-electron chi connectivity index (χ1n) is 4.66. The van der Waals surface area contributed by atoms with E-state index in [1.807, 2.05) is 0 Å². The van der Waals surface area contributed by atoms with Crippen molar-refractivity contribution in [1.29, 1.82) is 0 Å². The number of hydrogen-bond acceptors (Lipinski definition) is 5. The van der Waals surface area contributed by atoms with Gasteiger partial charge in [0.15, 0.2) is 0 Å². The molecule has 1 aliphatic heterocycles. The average molecular weight is 227 g/mol. The lowest BCUT2D eigenvalue weighted by molar-refractivity contribution is -0.139. The number of carbonyl (C=O) groups excluding carboxylic acids is 1. The molecule has 0 spiro atoms. The van der Waals surface area contributed by atoms with Gasteiger partial charge < -0.3 is 13.9 Å². The van der Waals surface area contributed by atoms with Crippen LogP contribution in [0.5, 0.6) is 0 Å². The Labute approximate surface area is 91.9 Å². The smallest absolute Gasteiger partial charge is 0.416 e. The van der Waals surface area contributed by atoms with E-state index in [2.05, 4.69) is 16.0 Å². The third-order valence-electron chi connectivity index (χ3n) is 1.60. The fourth-order valence-corrected chi connectivity index (χ4v) is 0.688. The van der Waals surface area contributed by atoms with E-state index in [4.69, 9.17) is 9.47 Å². The van der Waals surface area contributed by atoms with Gasteiger partial charge in [-0.1, -0.05) is 6.58 Å². The van der Waals surface area contributed by atoms with Crippen molar-refractivity contribution in [2.24, 2.45) is 0 Å². The van der Waals surface area contributed by atoms with Gasteiger partial charge in [-0.15, -0.1) is 0 Å². The molecule has 6 nitrogen and oxygen atoms in total. The first-order valence-corrected chi connectivity index (χ1v) is 4.66. The Morgan fingerprint density at radius 3 is 2.75 bits per heavy atom. The standard InChI is InChI=1S/C7H10O3.C3H3NO2/c1-5(2)7(8)10-4-6-3-9-6;5-3-4-1-2-6-3/h6H,1,3-4H2,2H3;1-2H,(H,4,5). The summed E-state index contributed by atoms with van der Waals surface area (Å²) >= 11 is 0. The second kappa shape index (κ2) is 5.92. The number of nitrogens with one attached hydrogen (secondary N) is 1. The molecule has 1 aromatic heterocycles.